The molecular weight excluding hydrogens is 374 g/mol. The fourth-order valence-electron chi connectivity index (χ4n) is 4.73. The Labute approximate surface area is 179 Å². The molecule has 0 bridgehead atoms. The van der Waals surface area contributed by atoms with Crippen LogP contribution in [0.5, 0.6) is 11.5 Å². The molecule has 4 heteroatoms. The van der Waals surface area contributed by atoms with E-state index < -0.39 is 0 Å². The van der Waals surface area contributed by atoms with Crippen molar-refractivity contribution in [2.24, 2.45) is 5.92 Å². The maximum atomic E-state index is 12.0. The molecule has 1 unspecified atom stereocenters. The lowest BCUT2D eigenvalue weighted by Crippen LogP contribution is -2.39. The topological polar surface area (TPSA) is 47.6 Å². The summed E-state index contributed by atoms with van der Waals surface area (Å²) in [5, 5.41) is 3.22. The first-order valence-corrected chi connectivity index (χ1v) is 11.5. The van der Waals surface area contributed by atoms with Crippen LogP contribution < -0.4 is 14.8 Å². The molecule has 158 valence electrons. The number of benzene rings is 2. The Morgan fingerprint density at radius 1 is 0.967 bits per heavy atom. The van der Waals surface area contributed by atoms with Crippen LogP contribution in [0, 0.1) is 5.92 Å². The van der Waals surface area contributed by atoms with Gasteiger partial charge in [-0.2, -0.15) is 0 Å². The summed E-state index contributed by atoms with van der Waals surface area (Å²) in [7, 11) is 0. The number of nitrogens with one attached hydrogen (secondary N) is 1. The van der Waals surface area contributed by atoms with Gasteiger partial charge in [-0.05, 0) is 86.6 Å². The summed E-state index contributed by atoms with van der Waals surface area (Å²) in [5.41, 5.74) is 2.48. The number of hydrogen-bond donors (Lipinski definition) is 1. The molecule has 30 heavy (non-hydrogen) atoms. The summed E-state index contributed by atoms with van der Waals surface area (Å²) < 4.78 is 12.5. The van der Waals surface area contributed by atoms with Crippen molar-refractivity contribution in [2.45, 2.75) is 76.0 Å². The van der Waals surface area contributed by atoms with E-state index in [4.69, 9.17) is 9.47 Å². The average molecular weight is 406 g/mol. The second-order valence-corrected chi connectivity index (χ2v) is 9.13. The van der Waals surface area contributed by atoms with Gasteiger partial charge >= 0.3 is 0 Å². The second kappa shape index (κ2) is 8.71. The number of amides is 1. The third-order valence-electron chi connectivity index (χ3n) is 6.66. The summed E-state index contributed by atoms with van der Waals surface area (Å²) in [6.45, 7) is 0. The second-order valence-electron chi connectivity index (χ2n) is 9.13. The zero-order chi connectivity index (χ0) is 20.3. The maximum Gasteiger partial charge on any atom is 0.220 e. The number of fused-ring (bicyclic) bond motifs is 1. The Morgan fingerprint density at radius 2 is 1.77 bits per heavy atom. The molecule has 2 saturated carbocycles. The fraction of sp³-hybridized carbons (Fsp3) is 0.500. The van der Waals surface area contributed by atoms with Crippen molar-refractivity contribution in [1.29, 1.82) is 0 Å². The van der Waals surface area contributed by atoms with Crippen LogP contribution >= 0.6 is 0 Å². The van der Waals surface area contributed by atoms with Crippen LogP contribution in [0.15, 0.2) is 48.5 Å². The van der Waals surface area contributed by atoms with Gasteiger partial charge in [-0.25, -0.2) is 0 Å². The van der Waals surface area contributed by atoms with E-state index in [-0.39, 0.29) is 18.1 Å². The van der Waals surface area contributed by atoms with E-state index in [9.17, 15) is 4.79 Å². The molecule has 0 spiro atoms. The summed E-state index contributed by atoms with van der Waals surface area (Å²) in [6, 6.07) is 17.0. The molecule has 1 N–H and O–H groups in total. The fourth-order valence-corrected chi connectivity index (χ4v) is 4.73. The minimum Gasteiger partial charge on any atom is -0.490 e. The minimum atomic E-state index is 0.135. The molecule has 3 aliphatic rings. The molecule has 1 atom stereocenters. The Morgan fingerprint density at radius 3 is 2.53 bits per heavy atom. The number of rotatable bonds is 6. The van der Waals surface area contributed by atoms with E-state index in [0.717, 1.165) is 56.4 Å². The molecule has 1 heterocycles. The highest BCUT2D eigenvalue weighted by atomic mass is 16.5. The largest absolute Gasteiger partial charge is 0.490 e. The van der Waals surface area contributed by atoms with Crippen LogP contribution in [0.2, 0.25) is 0 Å². The molecule has 1 aliphatic heterocycles. The predicted octanol–water partition coefficient (Wildman–Crippen LogP) is 5.36. The van der Waals surface area contributed by atoms with Gasteiger partial charge in [0.15, 0.2) is 0 Å². The van der Waals surface area contributed by atoms with E-state index in [1.807, 2.05) is 12.1 Å². The van der Waals surface area contributed by atoms with Gasteiger partial charge in [-0.15, -0.1) is 0 Å². The first kappa shape index (κ1) is 19.5. The highest BCUT2D eigenvalue weighted by Gasteiger charge is 2.28. The van der Waals surface area contributed by atoms with Gasteiger partial charge in [0, 0.05) is 12.5 Å². The van der Waals surface area contributed by atoms with Gasteiger partial charge in [-0.3, -0.25) is 4.79 Å². The molecule has 2 fully saturated rings. The highest BCUT2D eigenvalue weighted by Crippen LogP contribution is 2.37. The lowest BCUT2D eigenvalue weighted by atomic mass is 9.92. The number of carbonyl (C=O) groups excluding carboxylic acids is 1. The third-order valence-corrected chi connectivity index (χ3v) is 6.66. The molecule has 4 nitrogen and oxygen atoms in total. The van der Waals surface area contributed by atoms with Crippen molar-refractivity contribution < 1.29 is 14.3 Å². The van der Waals surface area contributed by atoms with Gasteiger partial charge in [0.2, 0.25) is 5.91 Å². The normalized spacial score (nSPS) is 25.7. The van der Waals surface area contributed by atoms with Crippen molar-refractivity contribution in [3.8, 4) is 11.5 Å². The molecule has 0 aromatic heterocycles. The van der Waals surface area contributed by atoms with E-state index in [1.54, 1.807) is 0 Å². The summed E-state index contributed by atoms with van der Waals surface area (Å²) in [4.78, 5) is 12.0. The van der Waals surface area contributed by atoms with E-state index in [0.29, 0.717) is 12.0 Å². The van der Waals surface area contributed by atoms with Crippen molar-refractivity contribution in [1.82, 2.24) is 5.32 Å². The Kier molecular flexibility index (Phi) is 5.65. The van der Waals surface area contributed by atoms with Gasteiger partial charge in [0.05, 0.1) is 6.10 Å². The number of hydrogen-bond acceptors (Lipinski definition) is 3. The first-order chi connectivity index (χ1) is 14.7. The highest BCUT2D eigenvalue weighted by molar-refractivity contribution is 5.76. The van der Waals surface area contributed by atoms with Crippen molar-refractivity contribution >= 4 is 5.91 Å². The van der Waals surface area contributed by atoms with Crippen LogP contribution in [0.4, 0.5) is 0 Å². The quantitative estimate of drug-likeness (QED) is 0.704. The van der Waals surface area contributed by atoms with Gasteiger partial charge in [0.25, 0.3) is 0 Å². The first-order valence-electron chi connectivity index (χ1n) is 11.5. The van der Waals surface area contributed by atoms with Crippen LogP contribution in [0.1, 0.15) is 68.6 Å². The molecule has 5 rings (SSSR count). The zero-order valence-corrected chi connectivity index (χ0v) is 17.5. The lowest BCUT2D eigenvalue weighted by Gasteiger charge is -2.30. The Hall–Kier alpha value is -2.49. The smallest absolute Gasteiger partial charge is 0.220 e. The molecule has 2 aromatic rings. The van der Waals surface area contributed by atoms with Gasteiger partial charge in [0.1, 0.15) is 17.6 Å². The van der Waals surface area contributed by atoms with Crippen LogP contribution in [0.25, 0.3) is 0 Å². The number of carbonyl (C=O) groups is 1. The molecule has 2 aliphatic carbocycles. The van der Waals surface area contributed by atoms with E-state index in [1.165, 1.54) is 24.0 Å². The SMILES string of the molecule is O=C(CC1CC1)NC1CCC(Oc2ccc3c(c2)CCC(c2ccccc2)O3)CC1. The summed E-state index contributed by atoms with van der Waals surface area (Å²) in [6.07, 6.45) is 9.56. The molecule has 0 radical (unpaired) electrons. The van der Waals surface area contributed by atoms with Crippen molar-refractivity contribution in [3.63, 3.8) is 0 Å². The zero-order valence-electron chi connectivity index (χ0n) is 17.5. The van der Waals surface area contributed by atoms with E-state index in [2.05, 4.69) is 41.7 Å². The van der Waals surface area contributed by atoms with Crippen molar-refractivity contribution in [3.05, 3.63) is 59.7 Å². The monoisotopic (exact) mass is 405 g/mol. The summed E-state index contributed by atoms with van der Waals surface area (Å²) >= 11 is 0. The Bertz CT molecular complexity index is 869. The van der Waals surface area contributed by atoms with Gasteiger partial charge < -0.3 is 14.8 Å². The minimum absolute atomic E-state index is 0.135. The Balaban J connectivity index is 1.12. The maximum absolute atomic E-state index is 12.0. The van der Waals surface area contributed by atoms with Gasteiger partial charge in [-0.1, -0.05) is 30.3 Å². The molecular formula is C26H31NO3. The number of aryl methyl sites for hydroxylation is 1. The lowest BCUT2D eigenvalue weighted by molar-refractivity contribution is -0.122. The average Bonchev–Trinajstić information content (AvgIpc) is 3.59. The third kappa shape index (κ3) is 4.80. The molecule has 0 saturated heterocycles. The number of ether oxygens (including phenoxy) is 2. The van der Waals surface area contributed by atoms with Crippen LogP contribution in [-0.4, -0.2) is 18.1 Å². The van der Waals surface area contributed by atoms with Crippen LogP contribution in [-0.2, 0) is 11.2 Å². The summed E-state index contributed by atoms with van der Waals surface area (Å²) in [5.74, 6) is 2.81. The van der Waals surface area contributed by atoms with Crippen molar-refractivity contribution in [2.75, 3.05) is 0 Å². The predicted molar refractivity (Wildman–Crippen MR) is 117 cm³/mol. The molecule has 2 aromatic carbocycles. The molecule has 1 amide bonds. The van der Waals surface area contributed by atoms with Crippen LogP contribution in [0.3, 0.4) is 0 Å². The van der Waals surface area contributed by atoms with E-state index >= 15 is 0 Å². The standard InChI is InChI=1S/C26H31NO3/c28-26(16-18-6-7-18)27-21-9-11-22(12-10-21)29-23-13-15-25-20(17-23)8-14-24(30-25)19-4-2-1-3-5-19/h1-5,13,15,17-18,21-22,24H,6-12,14,16H2,(H,27,28).